The molecule has 0 saturated carbocycles. The summed E-state index contributed by atoms with van der Waals surface area (Å²) < 4.78 is 4.86. The lowest BCUT2D eigenvalue weighted by Crippen LogP contribution is -1.92. The van der Waals surface area contributed by atoms with Gasteiger partial charge in [-0.25, -0.2) is 0 Å². The van der Waals surface area contributed by atoms with Crippen molar-refractivity contribution in [3.05, 3.63) is 84.8 Å². The summed E-state index contributed by atoms with van der Waals surface area (Å²) in [4.78, 5) is 0. The molecule has 0 amide bonds. The molecule has 3 rings (SSSR count). The van der Waals surface area contributed by atoms with Crippen LogP contribution in [0.15, 0.2) is 83.5 Å². The van der Waals surface area contributed by atoms with E-state index in [1.54, 1.807) is 54.8 Å². The molecule has 21 heavy (non-hydrogen) atoms. The van der Waals surface area contributed by atoms with Gasteiger partial charge >= 0.3 is 0 Å². The van der Waals surface area contributed by atoms with Gasteiger partial charge in [-0.1, -0.05) is 36.4 Å². The summed E-state index contributed by atoms with van der Waals surface area (Å²) in [5.74, 6) is 1.48. The number of aromatic hydroxyl groups is 2. The van der Waals surface area contributed by atoms with Gasteiger partial charge in [0.2, 0.25) is 0 Å². The normalized spacial score (nSPS) is 8.81. The Kier molecular flexibility index (Phi) is 7.87. The lowest BCUT2D eigenvalue weighted by Gasteiger charge is -1.82. The van der Waals surface area contributed by atoms with E-state index in [0.717, 1.165) is 5.76 Å². The summed E-state index contributed by atoms with van der Waals surface area (Å²) in [5, 5.41) is 17.3. The van der Waals surface area contributed by atoms with Crippen molar-refractivity contribution in [2.24, 2.45) is 5.73 Å². The van der Waals surface area contributed by atoms with Crippen LogP contribution < -0.4 is 5.73 Å². The largest absolute Gasteiger partial charge is 0.508 e. The number of hydrogen-bond donors (Lipinski definition) is 3. The number of nitrogens with two attached hydrogens (primary N) is 1. The first-order valence-corrected chi connectivity index (χ1v) is 6.43. The van der Waals surface area contributed by atoms with E-state index >= 15 is 0 Å². The molecule has 4 N–H and O–H groups in total. The average molecular weight is 285 g/mol. The van der Waals surface area contributed by atoms with Gasteiger partial charge in [0.15, 0.2) is 0 Å². The number of phenols is 2. The Bertz CT molecular complexity index is 528. The first-order chi connectivity index (χ1) is 10.2. The van der Waals surface area contributed by atoms with Gasteiger partial charge < -0.3 is 20.4 Å². The molecule has 0 aliphatic rings. The second kappa shape index (κ2) is 10.1. The standard InChI is InChI=1S/2C6H6O.C5H7NO/c2*7-6-4-2-1-3-5-6;6-4-5-2-1-3-7-5/h2*1-5,7H;1-3H,4,6H2. The highest BCUT2D eigenvalue weighted by Crippen LogP contribution is 2.03. The van der Waals surface area contributed by atoms with Gasteiger partial charge in [0.1, 0.15) is 17.3 Å². The molecule has 0 aliphatic heterocycles. The molecule has 110 valence electrons. The van der Waals surface area contributed by atoms with Crippen molar-refractivity contribution in [3.8, 4) is 11.5 Å². The molecule has 0 spiro atoms. The number of rotatable bonds is 1. The highest BCUT2D eigenvalue weighted by molar-refractivity contribution is 5.19. The highest BCUT2D eigenvalue weighted by Gasteiger charge is 1.84. The van der Waals surface area contributed by atoms with Crippen molar-refractivity contribution in [1.82, 2.24) is 0 Å². The maximum absolute atomic E-state index is 8.63. The smallest absolute Gasteiger partial charge is 0.117 e. The van der Waals surface area contributed by atoms with Crippen LogP contribution in [0.4, 0.5) is 0 Å². The summed E-state index contributed by atoms with van der Waals surface area (Å²) in [6.45, 7) is 0.493. The van der Waals surface area contributed by atoms with Crippen LogP contribution >= 0.6 is 0 Å². The molecule has 0 bridgehead atoms. The SMILES string of the molecule is NCc1ccco1.Oc1ccccc1.Oc1ccccc1. The molecule has 1 aromatic heterocycles. The second-order valence-electron chi connectivity index (χ2n) is 3.95. The molecular formula is C17H19NO3. The molecule has 0 atom stereocenters. The van der Waals surface area contributed by atoms with Crippen LogP contribution in [-0.2, 0) is 6.54 Å². The Labute approximate surface area is 124 Å². The van der Waals surface area contributed by atoms with Crippen molar-refractivity contribution in [1.29, 1.82) is 0 Å². The molecule has 4 nitrogen and oxygen atoms in total. The molecule has 0 radical (unpaired) electrons. The molecule has 4 heteroatoms. The molecule has 1 heterocycles. The van der Waals surface area contributed by atoms with Gasteiger partial charge in [0, 0.05) is 0 Å². The number of furan rings is 1. The summed E-state index contributed by atoms with van der Waals surface area (Å²) >= 11 is 0. The molecule has 3 aromatic rings. The minimum atomic E-state index is 0.322. The van der Waals surface area contributed by atoms with E-state index in [2.05, 4.69) is 0 Å². The fourth-order valence-electron chi connectivity index (χ4n) is 1.28. The third kappa shape index (κ3) is 8.13. The maximum Gasteiger partial charge on any atom is 0.117 e. The van der Waals surface area contributed by atoms with Crippen molar-refractivity contribution < 1.29 is 14.6 Å². The van der Waals surface area contributed by atoms with Gasteiger partial charge in [0.05, 0.1) is 12.8 Å². The zero-order chi connectivity index (χ0) is 15.3. The Morgan fingerprint density at radius 3 is 1.38 bits per heavy atom. The monoisotopic (exact) mass is 285 g/mol. The zero-order valence-corrected chi connectivity index (χ0v) is 11.6. The van der Waals surface area contributed by atoms with Crippen LogP contribution in [0.3, 0.4) is 0 Å². The summed E-state index contributed by atoms with van der Waals surface area (Å²) in [6, 6.07) is 21.1. The van der Waals surface area contributed by atoms with Gasteiger partial charge in [-0.3, -0.25) is 0 Å². The molecular weight excluding hydrogens is 266 g/mol. The lowest BCUT2D eigenvalue weighted by molar-refractivity contribution is 0.475. The van der Waals surface area contributed by atoms with E-state index in [1.165, 1.54) is 0 Å². The van der Waals surface area contributed by atoms with Crippen LogP contribution in [0, 0.1) is 0 Å². The van der Waals surface area contributed by atoms with Crippen LogP contribution in [0.1, 0.15) is 5.76 Å². The van der Waals surface area contributed by atoms with E-state index < -0.39 is 0 Å². The predicted molar refractivity (Wildman–Crippen MR) is 82.8 cm³/mol. The van der Waals surface area contributed by atoms with E-state index in [4.69, 9.17) is 20.4 Å². The van der Waals surface area contributed by atoms with Crippen molar-refractivity contribution in [3.63, 3.8) is 0 Å². The number of phenolic OH excluding ortho intramolecular Hbond substituents is 2. The van der Waals surface area contributed by atoms with Crippen LogP contribution in [0.5, 0.6) is 11.5 Å². The van der Waals surface area contributed by atoms with Crippen LogP contribution in [0.25, 0.3) is 0 Å². The molecule has 0 fully saturated rings. The van der Waals surface area contributed by atoms with Gasteiger partial charge in [-0.15, -0.1) is 0 Å². The summed E-state index contributed by atoms with van der Waals surface area (Å²) in [6.07, 6.45) is 1.61. The topological polar surface area (TPSA) is 79.6 Å². The van der Waals surface area contributed by atoms with Gasteiger partial charge in [-0.05, 0) is 36.4 Å². The van der Waals surface area contributed by atoms with Gasteiger partial charge in [0.25, 0.3) is 0 Å². The Hall–Kier alpha value is -2.72. The lowest BCUT2D eigenvalue weighted by atomic mass is 10.3. The van der Waals surface area contributed by atoms with E-state index in [9.17, 15) is 0 Å². The zero-order valence-electron chi connectivity index (χ0n) is 11.6. The first kappa shape index (κ1) is 16.3. The molecule has 0 aliphatic carbocycles. The fourth-order valence-corrected chi connectivity index (χ4v) is 1.28. The molecule has 0 unspecified atom stereocenters. The predicted octanol–water partition coefficient (Wildman–Crippen LogP) is 3.52. The average Bonchev–Trinajstić information content (AvgIpc) is 3.04. The number of hydrogen-bond acceptors (Lipinski definition) is 4. The Morgan fingerprint density at radius 2 is 1.19 bits per heavy atom. The van der Waals surface area contributed by atoms with Crippen molar-refractivity contribution in [2.75, 3.05) is 0 Å². The number of para-hydroxylation sites is 2. The summed E-state index contributed by atoms with van der Waals surface area (Å²) in [7, 11) is 0. The third-order valence-corrected chi connectivity index (χ3v) is 2.29. The number of benzene rings is 2. The Morgan fingerprint density at radius 1 is 0.714 bits per heavy atom. The Balaban J connectivity index is 0.000000157. The van der Waals surface area contributed by atoms with E-state index in [-0.39, 0.29) is 0 Å². The maximum atomic E-state index is 8.63. The quantitative estimate of drug-likeness (QED) is 0.639. The second-order valence-corrected chi connectivity index (χ2v) is 3.95. The third-order valence-electron chi connectivity index (χ3n) is 2.29. The fraction of sp³-hybridized carbons (Fsp3) is 0.0588. The molecule has 2 aromatic carbocycles. The molecule has 0 saturated heterocycles. The van der Waals surface area contributed by atoms with E-state index in [1.807, 2.05) is 24.3 Å². The minimum absolute atomic E-state index is 0.322. The van der Waals surface area contributed by atoms with E-state index in [0.29, 0.717) is 18.0 Å². The first-order valence-electron chi connectivity index (χ1n) is 6.43. The van der Waals surface area contributed by atoms with Gasteiger partial charge in [-0.2, -0.15) is 0 Å². The van der Waals surface area contributed by atoms with Crippen molar-refractivity contribution in [2.45, 2.75) is 6.54 Å². The summed E-state index contributed by atoms with van der Waals surface area (Å²) in [5.41, 5.74) is 5.20. The van der Waals surface area contributed by atoms with Crippen LogP contribution in [0.2, 0.25) is 0 Å². The van der Waals surface area contributed by atoms with Crippen LogP contribution in [-0.4, -0.2) is 10.2 Å². The highest BCUT2D eigenvalue weighted by atomic mass is 16.3. The minimum Gasteiger partial charge on any atom is -0.508 e. The van der Waals surface area contributed by atoms with Crippen molar-refractivity contribution >= 4 is 0 Å².